The van der Waals surface area contributed by atoms with Gasteiger partial charge in [0.1, 0.15) is 5.75 Å². The Morgan fingerprint density at radius 2 is 1.76 bits per heavy atom. The number of aryl methyl sites for hydroxylation is 3. The molecule has 0 spiro atoms. The molecule has 2 N–H and O–H groups in total. The number of para-hydroxylation sites is 1. The Morgan fingerprint density at radius 3 is 2.52 bits per heavy atom. The molecule has 0 atom stereocenters. The molecule has 0 fully saturated rings. The predicted molar refractivity (Wildman–Crippen MR) is 110 cm³/mol. The van der Waals surface area contributed by atoms with Crippen LogP contribution in [-0.2, 0) is 16.0 Å². The van der Waals surface area contributed by atoms with Crippen molar-refractivity contribution in [1.82, 2.24) is 20.6 Å². The molecule has 0 unspecified atom stereocenters. The number of carbonyl (C=O) groups is 2. The van der Waals surface area contributed by atoms with Gasteiger partial charge in [-0.3, -0.25) is 20.4 Å². The van der Waals surface area contributed by atoms with Gasteiger partial charge < -0.3 is 4.74 Å². The van der Waals surface area contributed by atoms with Crippen LogP contribution in [0.15, 0.2) is 60.9 Å². The van der Waals surface area contributed by atoms with Crippen molar-refractivity contribution in [3.63, 3.8) is 0 Å². The minimum atomic E-state index is -0.423. The van der Waals surface area contributed by atoms with E-state index in [1.54, 1.807) is 10.9 Å². The van der Waals surface area contributed by atoms with Crippen LogP contribution in [0, 0.1) is 13.8 Å². The van der Waals surface area contributed by atoms with Gasteiger partial charge in [-0.15, -0.1) is 0 Å². The first-order valence-electron chi connectivity index (χ1n) is 9.38. The van der Waals surface area contributed by atoms with Gasteiger partial charge >= 0.3 is 0 Å². The highest BCUT2D eigenvalue weighted by molar-refractivity contribution is 5.82. The largest absolute Gasteiger partial charge is 0.484 e. The normalized spacial score (nSPS) is 10.4. The van der Waals surface area contributed by atoms with Crippen LogP contribution in [0.2, 0.25) is 0 Å². The van der Waals surface area contributed by atoms with Gasteiger partial charge in [-0.05, 0) is 61.2 Å². The number of nitrogens with zero attached hydrogens (tertiary/aromatic N) is 2. The number of hydrogen-bond donors (Lipinski definition) is 2. The maximum Gasteiger partial charge on any atom is 0.276 e. The van der Waals surface area contributed by atoms with Crippen LogP contribution in [0.3, 0.4) is 0 Å². The summed E-state index contributed by atoms with van der Waals surface area (Å²) in [6.45, 7) is 3.81. The first-order chi connectivity index (χ1) is 14.0. The predicted octanol–water partition coefficient (Wildman–Crippen LogP) is 2.65. The lowest BCUT2D eigenvalue weighted by atomic mass is 10.1. The monoisotopic (exact) mass is 392 g/mol. The van der Waals surface area contributed by atoms with E-state index in [-0.39, 0.29) is 18.9 Å². The van der Waals surface area contributed by atoms with Gasteiger partial charge in [-0.25, -0.2) is 4.68 Å². The Kier molecular flexibility index (Phi) is 6.63. The summed E-state index contributed by atoms with van der Waals surface area (Å²) >= 11 is 0. The second kappa shape index (κ2) is 9.54. The molecular weight excluding hydrogens is 368 g/mol. The van der Waals surface area contributed by atoms with Gasteiger partial charge in [0.25, 0.3) is 5.91 Å². The summed E-state index contributed by atoms with van der Waals surface area (Å²) in [7, 11) is 0. The van der Waals surface area contributed by atoms with Crippen molar-refractivity contribution in [2.24, 2.45) is 0 Å². The third-order valence-corrected chi connectivity index (χ3v) is 4.49. The second-order valence-corrected chi connectivity index (χ2v) is 6.76. The number of amides is 2. The molecule has 0 radical (unpaired) electrons. The summed E-state index contributed by atoms with van der Waals surface area (Å²) in [5.41, 5.74) is 8.91. The molecule has 0 aliphatic rings. The number of nitrogens with one attached hydrogen (secondary N) is 2. The first-order valence-corrected chi connectivity index (χ1v) is 9.38. The first kappa shape index (κ1) is 20.1. The molecule has 150 valence electrons. The summed E-state index contributed by atoms with van der Waals surface area (Å²) < 4.78 is 7.20. The molecule has 29 heavy (non-hydrogen) atoms. The van der Waals surface area contributed by atoms with Gasteiger partial charge in [-0.1, -0.05) is 24.3 Å². The molecule has 7 nitrogen and oxygen atoms in total. The van der Waals surface area contributed by atoms with Crippen LogP contribution in [-0.4, -0.2) is 28.2 Å². The molecule has 2 aromatic carbocycles. The fourth-order valence-corrected chi connectivity index (χ4v) is 2.66. The number of aromatic nitrogens is 2. The second-order valence-electron chi connectivity index (χ2n) is 6.76. The number of carbonyl (C=O) groups excluding carboxylic acids is 2. The molecule has 1 aromatic heterocycles. The third-order valence-electron chi connectivity index (χ3n) is 4.49. The maximum absolute atomic E-state index is 12.0. The van der Waals surface area contributed by atoms with Gasteiger partial charge in [0.15, 0.2) is 6.61 Å². The summed E-state index contributed by atoms with van der Waals surface area (Å²) in [5, 5.41) is 4.30. The average Bonchev–Trinajstić information content (AvgIpc) is 3.21. The Labute approximate surface area is 169 Å². The molecule has 0 aliphatic carbocycles. The molecule has 0 saturated heterocycles. The van der Waals surface area contributed by atoms with Crippen molar-refractivity contribution >= 4 is 11.8 Å². The highest BCUT2D eigenvalue weighted by Crippen LogP contribution is 2.16. The Morgan fingerprint density at radius 1 is 1.00 bits per heavy atom. The molecule has 3 rings (SSSR count). The van der Waals surface area contributed by atoms with E-state index in [9.17, 15) is 9.59 Å². The highest BCUT2D eigenvalue weighted by atomic mass is 16.5. The van der Waals surface area contributed by atoms with Crippen LogP contribution >= 0.6 is 0 Å². The van der Waals surface area contributed by atoms with Crippen molar-refractivity contribution in [2.45, 2.75) is 26.7 Å². The third kappa shape index (κ3) is 5.93. The summed E-state index contributed by atoms with van der Waals surface area (Å²) in [4.78, 5) is 23.8. The zero-order valence-corrected chi connectivity index (χ0v) is 16.5. The molecule has 0 saturated carbocycles. The van der Waals surface area contributed by atoms with Crippen molar-refractivity contribution in [3.05, 3.63) is 77.6 Å². The molecule has 0 aliphatic heterocycles. The zero-order valence-electron chi connectivity index (χ0n) is 16.5. The van der Waals surface area contributed by atoms with E-state index < -0.39 is 5.91 Å². The number of hydrogen-bond acceptors (Lipinski definition) is 4. The van der Waals surface area contributed by atoms with Gasteiger partial charge in [0.2, 0.25) is 5.91 Å². The van der Waals surface area contributed by atoms with E-state index in [2.05, 4.69) is 16.0 Å². The standard InChI is InChI=1S/C22H24N4O3/c1-16-8-10-20(12-17(16)2)29-15-22(28)25-24-21(27)11-9-18-13-23-26(14-18)19-6-4-3-5-7-19/h3-8,10,12-14H,9,11,15H2,1-2H3,(H,24,27)(H,25,28). The lowest BCUT2D eigenvalue weighted by molar-refractivity contribution is -0.130. The maximum atomic E-state index is 12.0. The molecule has 3 aromatic rings. The summed E-state index contributed by atoms with van der Waals surface area (Å²) in [6, 6.07) is 15.4. The van der Waals surface area contributed by atoms with Gasteiger partial charge in [-0.2, -0.15) is 5.10 Å². The smallest absolute Gasteiger partial charge is 0.276 e. The molecular formula is C22H24N4O3. The highest BCUT2D eigenvalue weighted by Gasteiger charge is 2.08. The van der Waals surface area contributed by atoms with E-state index in [0.29, 0.717) is 12.2 Å². The van der Waals surface area contributed by atoms with Gasteiger partial charge in [0.05, 0.1) is 11.9 Å². The summed E-state index contributed by atoms with van der Waals surface area (Å²) in [5.74, 6) is -0.0875. The van der Waals surface area contributed by atoms with E-state index in [1.165, 1.54) is 0 Å². The van der Waals surface area contributed by atoms with Crippen LogP contribution in [0.25, 0.3) is 5.69 Å². The van der Waals surface area contributed by atoms with E-state index >= 15 is 0 Å². The Balaban J connectivity index is 1.38. The van der Waals surface area contributed by atoms with Crippen LogP contribution in [0.1, 0.15) is 23.1 Å². The lowest BCUT2D eigenvalue weighted by Crippen LogP contribution is -2.43. The Bertz CT molecular complexity index is 983. The number of hydrazine groups is 1. The van der Waals surface area contributed by atoms with E-state index in [0.717, 1.165) is 22.4 Å². The van der Waals surface area contributed by atoms with E-state index in [4.69, 9.17) is 4.74 Å². The Hall–Kier alpha value is -3.61. The fraction of sp³-hybridized carbons (Fsp3) is 0.227. The zero-order chi connectivity index (χ0) is 20.6. The molecule has 7 heteroatoms. The summed E-state index contributed by atoms with van der Waals surface area (Å²) in [6.07, 6.45) is 4.38. The number of rotatable bonds is 7. The van der Waals surface area contributed by atoms with Crippen molar-refractivity contribution in [2.75, 3.05) is 6.61 Å². The van der Waals surface area contributed by atoms with Crippen LogP contribution < -0.4 is 15.6 Å². The van der Waals surface area contributed by atoms with Crippen molar-refractivity contribution < 1.29 is 14.3 Å². The number of benzene rings is 2. The molecule has 2 amide bonds. The fourth-order valence-electron chi connectivity index (χ4n) is 2.66. The minimum Gasteiger partial charge on any atom is -0.484 e. The molecule has 1 heterocycles. The van der Waals surface area contributed by atoms with Crippen molar-refractivity contribution in [1.29, 1.82) is 0 Å². The van der Waals surface area contributed by atoms with Crippen molar-refractivity contribution in [3.8, 4) is 11.4 Å². The van der Waals surface area contributed by atoms with E-state index in [1.807, 2.05) is 68.6 Å². The number of ether oxygens (including phenoxy) is 1. The average molecular weight is 392 g/mol. The van der Waals surface area contributed by atoms with Crippen LogP contribution in [0.5, 0.6) is 5.75 Å². The SMILES string of the molecule is Cc1ccc(OCC(=O)NNC(=O)CCc2cnn(-c3ccccc3)c2)cc1C. The quantitative estimate of drug-likeness (QED) is 0.606. The lowest BCUT2D eigenvalue weighted by Gasteiger charge is -2.09. The molecule has 0 bridgehead atoms. The topological polar surface area (TPSA) is 85.2 Å². The van der Waals surface area contributed by atoms with Crippen LogP contribution in [0.4, 0.5) is 0 Å². The van der Waals surface area contributed by atoms with Gasteiger partial charge in [0, 0.05) is 12.6 Å². The minimum absolute atomic E-state index is 0.174.